The highest BCUT2D eigenvalue weighted by Crippen LogP contribution is 2.23. The maximum absolute atomic E-state index is 12.1. The zero-order valence-electron chi connectivity index (χ0n) is 15.1. The van der Waals surface area contributed by atoms with Crippen LogP contribution in [0.25, 0.3) is 11.5 Å². The van der Waals surface area contributed by atoms with E-state index >= 15 is 0 Å². The number of ether oxygens (including phenoxy) is 1. The highest BCUT2D eigenvalue weighted by molar-refractivity contribution is 5.69. The van der Waals surface area contributed by atoms with E-state index in [0.29, 0.717) is 23.0 Å². The molecule has 0 atom stereocenters. The lowest BCUT2D eigenvalue weighted by Gasteiger charge is -2.04. The fourth-order valence-corrected chi connectivity index (χ4v) is 2.69. The van der Waals surface area contributed by atoms with Crippen molar-refractivity contribution in [2.45, 2.75) is 33.9 Å². The van der Waals surface area contributed by atoms with E-state index in [4.69, 9.17) is 9.15 Å². The Labute approximate surface area is 154 Å². The van der Waals surface area contributed by atoms with Crippen LogP contribution >= 0.6 is 0 Å². The topological polar surface area (TPSA) is 113 Å². The molecule has 3 aromatic rings. The second-order valence-corrected chi connectivity index (χ2v) is 5.98. The Morgan fingerprint density at radius 2 is 1.96 bits per heavy atom. The van der Waals surface area contributed by atoms with Crippen LogP contribution in [0.5, 0.6) is 0 Å². The first-order chi connectivity index (χ1) is 12.9. The summed E-state index contributed by atoms with van der Waals surface area (Å²) in [5.41, 5.74) is 1.81. The molecule has 0 saturated heterocycles. The number of nitro groups is 1. The molecular weight excluding hydrogens is 352 g/mol. The number of aromatic nitrogens is 3. The number of hydrogen-bond donors (Lipinski definition) is 0. The van der Waals surface area contributed by atoms with Crippen molar-refractivity contribution in [3.63, 3.8) is 0 Å². The molecule has 0 aliphatic carbocycles. The van der Waals surface area contributed by atoms with Crippen LogP contribution in [0.1, 0.15) is 22.8 Å². The summed E-state index contributed by atoms with van der Waals surface area (Å²) in [5.74, 6) is 0.441. The number of carbonyl (C=O) groups excluding carboxylic acids is 1. The van der Waals surface area contributed by atoms with E-state index in [1.54, 1.807) is 13.8 Å². The third-order valence-electron chi connectivity index (χ3n) is 4.09. The molecule has 2 aromatic heterocycles. The molecule has 0 fully saturated rings. The molecule has 27 heavy (non-hydrogen) atoms. The zero-order valence-corrected chi connectivity index (χ0v) is 15.1. The molecule has 140 valence electrons. The maximum atomic E-state index is 12.1. The van der Waals surface area contributed by atoms with Crippen LogP contribution in [-0.4, -0.2) is 25.7 Å². The minimum atomic E-state index is -0.570. The van der Waals surface area contributed by atoms with Crippen molar-refractivity contribution in [2.75, 3.05) is 0 Å². The molecule has 0 radical (unpaired) electrons. The third-order valence-corrected chi connectivity index (χ3v) is 4.09. The standard InChI is InChI=1S/C18H18N4O5/c1-11-17(22(24)25)12(2)21(20-11)9-16(23)26-10-15-13(3)27-18(19-15)14-7-5-4-6-8-14/h4-8H,9-10H2,1-3H3. The van der Waals surface area contributed by atoms with Gasteiger partial charge in [-0.05, 0) is 32.9 Å². The highest BCUT2D eigenvalue weighted by Gasteiger charge is 2.23. The third kappa shape index (κ3) is 3.86. The Hall–Kier alpha value is -3.49. The van der Waals surface area contributed by atoms with Crippen molar-refractivity contribution in [3.05, 3.63) is 63.3 Å². The number of esters is 1. The first-order valence-electron chi connectivity index (χ1n) is 8.22. The normalized spacial score (nSPS) is 10.8. The molecule has 9 nitrogen and oxygen atoms in total. The van der Waals surface area contributed by atoms with E-state index in [2.05, 4.69) is 10.1 Å². The summed E-state index contributed by atoms with van der Waals surface area (Å²) in [5, 5.41) is 15.1. The summed E-state index contributed by atoms with van der Waals surface area (Å²) < 4.78 is 12.1. The van der Waals surface area contributed by atoms with E-state index in [-0.39, 0.29) is 24.5 Å². The van der Waals surface area contributed by atoms with Gasteiger partial charge in [-0.2, -0.15) is 5.10 Å². The number of carbonyl (C=O) groups is 1. The molecular formula is C18H18N4O5. The average Bonchev–Trinajstić information content (AvgIpc) is 3.13. The van der Waals surface area contributed by atoms with Crippen molar-refractivity contribution in [1.82, 2.24) is 14.8 Å². The molecule has 1 aromatic carbocycles. The Balaban J connectivity index is 1.66. The second-order valence-electron chi connectivity index (χ2n) is 5.98. The van der Waals surface area contributed by atoms with Crippen LogP contribution in [0, 0.1) is 30.9 Å². The Kier molecular flexibility index (Phi) is 5.02. The Morgan fingerprint density at radius 1 is 1.26 bits per heavy atom. The van der Waals surface area contributed by atoms with Gasteiger partial charge in [0.1, 0.15) is 36.0 Å². The van der Waals surface area contributed by atoms with Crippen molar-refractivity contribution in [3.8, 4) is 11.5 Å². The number of benzene rings is 1. The van der Waals surface area contributed by atoms with Crippen molar-refractivity contribution >= 4 is 11.7 Å². The Bertz CT molecular complexity index is 991. The number of hydrogen-bond acceptors (Lipinski definition) is 7. The first kappa shape index (κ1) is 18.3. The van der Waals surface area contributed by atoms with Crippen LogP contribution in [0.2, 0.25) is 0 Å². The quantitative estimate of drug-likeness (QED) is 0.372. The van der Waals surface area contributed by atoms with Gasteiger partial charge in [0, 0.05) is 5.56 Å². The second kappa shape index (κ2) is 7.40. The summed E-state index contributed by atoms with van der Waals surface area (Å²) in [6.45, 7) is 4.54. The van der Waals surface area contributed by atoms with Gasteiger partial charge >= 0.3 is 11.7 Å². The van der Waals surface area contributed by atoms with Gasteiger partial charge in [-0.25, -0.2) is 4.98 Å². The van der Waals surface area contributed by atoms with E-state index in [1.807, 2.05) is 30.3 Å². The van der Waals surface area contributed by atoms with Gasteiger partial charge in [0.2, 0.25) is 5.89 Å². The summed E-state index contributed by atoms with van der Waals surface area (Å²) in [4.78, 5) is 27.0. The maximum Gasteiger partial charge on any atom is 0.328 e. The van der Waals surface area contributed by atoms with Crippen LogP contribution in [-0.2, 0) is 22.7 Å². The molecule has 0 N–H and O–H groups in total. The van der Waals surface area contributed by atoms with Crippen molar-refractivity contribution in [1.29, 1.82) is 0 Å². The summed E-state index contributed by atoms with van der Waals surface area (Å²) in [6.07, 6.45) is 0. The SMILES string of the molecule is Cc1nn(CC(=O)OCc2nc(-c3ccccc3)oc2C)c(C)c1[N+](=O)[O-]. The van der Waals surface area contributed by atoms with E-state index in [0.717, 1.165) is 5.56 Å². The van der Waals surface area contributed by atoms with Gasteiger partial charge in [-0.3, -0.25) is 19.6 Å². The number of nitrogens with zero attached hydrogens (tertiary/aromatic N) is 4. The molecule has 0 aliphatic rings. The van der Waals surface area contributed by atoms with Gasteiger partial charge in [-0.1, -0.05) is 18.2 Å². The van der Waals surface area contributed by atoms with Crippen LogP contribution in [0.3, 0.4) is 0 Å². The van der Waals surface area contributed by atoms with Gasteiger partial charge in [0.25, 0.3) is 0 Å². The molecule has 0 aliphatic heterocycles. The molecule has 0 amide bonds. The van der Waals surface area contributed by atoms with E-state index < -0.39 is 10.9 Å². The lowest BCUT2D eigenvalue weighted by molar-refractivity contribution is -0.386. The highest BCUT2D eigenvalue weighted by atomic mass is 16.6. The Morgan fingerprint density at radius 3 is 2.59 bits per heavy atom. The monoisotopic (exact) mass is 370 g/mol. The van der Waals surface area contributed by atoms with Crippen molar-refractivity contribution < 1.29 is 18.9 Å². The zero-order chi connectivity index (χ0) is 19.6. The molecule has 0 bridgehead atoms. The van der Waals surface area contributed by atoms with E-state index in [1.165, 1.54) is 11.6 Å². The summed E-state index contributed by atoms with van der Waals surface area (Å²) in [6, 6.07) is 9.39. The van der Waals surface area contributed by atoms with Gasteiger partial charge in [0.05, 0.1) is 4.92 Å². The lowest BCUT2D eigenvalue weighted by atomic mass is 10.2. The van der Waals surface area contributed by atoms with Gasteiger partial charge < -0.3 is 9.15 Å². The van der Waals surface area contributed by atoms with Crippen LogP contribution < -0.4 is 0 Å². The predicted molar refractivity (Wildman–Crippen MR) is 94.8 cm³/mol. The number of rotatable bonds is 6. The smallest absolute Gasteiger partial charge is 0.328 e. The summed E-state index contributed by atoms with van der Waals surface area (Å²) in [7, 11) is 0. The largest absolute Gasteiger partial charge is 0.458 e. The molecule has 0 saturated carbocycles. The number of oxazole rings is 1. The van der Waals surface area contributed by atoms with E-state index in [9.17, 15) is 14.9 Å². The number of aryl methyl sites for hydroxylation is 2. The van der Waals surface area contributed by atoms with Crippen LogP contribution in [0.15, 0.2) is 34.7 Å². The first-order valence-corrected chi connectivity index (χ1v) is 8.22. The molecule has 9 heteroatoms. The molecule has 3 rings (SSSR count). The van der Waals surface area contributed by atoms with Crippen LogP contribution in [0.4, 0.5) is 5.69 Å². The summed E-state index contributed by atoms with van der Waals surface area (Å²) >= 11 is 0. The molecule has 0 spiro atoms. The lowest BCUT2D eigenvalue weighted by Crippen LogP contribution is -2.16. The molecule has 2 heterocycles. The minimum absolute atomic E-state index is 0.0532. The minimum Gasteiger partial charge on any atom is -0.458 e. The fraction of sp³-hybridized carbons (Fsp3) is 0.278. The van der Waals surface area contributed by atoms with Crippen molar-refractivity contribution in [2.24, 2.45) is 0 Å². The van der Waals surface area contributed by atoms with Gasteiger partial charge in [-0.15, -0.1) is 0 Å². The average molecular weight is 370 g/mol. The predicted octanol–water partition coefficient (Wildman–Crippen LogP) is 3.11. The van der Waals surface area contributed by atoms with Gasteiger partial charge in [0.15, 0.2) is 0 Å². The molecule has 0 unspecified atom stereocenters. The fourth-order valence-electron chi connectivity index (χ4n) is 2.69.